The lowest BCUT2D eigenvalue weighted by molar-refractivity contribution is -0.137. The summed E-state index contributed by atoms with van der Waals surface area (Å²) in [5.41, 5.74) is 0.778. The lowest BCUT2D eigenvalue weighted by atomic mass is 9.90. The van der Waals surface area contributed by atoms with Gasteiger partial charge in [0, 0.05) is 12.8 Å². The summed E-state index contributed by atoms with van der Waals surface area (Å²) in [4.78, 5) is 24.3. The van der Waals surface area contributed by atoms with E-state index in [-0.39, 0.29) is 6.54 Å². The van der Waals surface area contributed by atoms with E-state index >= 15 is 0 Å². The van der Waals surface area contributed by atoms with Gasteiger partial charge in [-0.1, -0.05) is 37.3 Å². The van der Waals surface area contributed by atoms with E-state index in [2.05, 4.69) is 10.6 Å². The van der Waals surface area contributed by atoms with E-state index < -0.39 is 17.4 Å². The molecule has 2 rings (SSSR count). The molecule has 1 unspecified atom stereocenters. The van der Waals surface area contributed by atoms with Crippen molar-refractivity contribution >= 4 is 17.5 Å². The van der Waals surface area contributed by atoms with E-state index in [9.17, 15) is 9.59 Å². The Balaban J connectivity index is 1.99. The molecular weight excluding hydrogens is 332 g/mol. The number of amides is 2. The predicted molar refractivity (Wildman–Crippen MR) is 100 cm³/mol. The molecular formula is C20H24N2O4. The van der Waals surface area contributed by atoms with Crippen LogP contribution in [0.5, 0.6) is 5.75 Å². The maximum atomic E-state index is 12.2. The number of benzene rings is 2. The normalized spacial score (nSPS) is 12.7. The summed E-state index contributed by atoms with van der Waals surface area (Å²) in [5.74, 6) is -0.779. The topological polar surface area (TPSA) is 76.7 Å². The summed E-state index contributed by atoms with van der Waals surface area (Å²) < 4.78 is 10.7. The summed E-state index contributed by atoms with van der Waals surface area (Å²) in [7, 11) is 3.16. The fourth-order valence-electron chi connectivity index (χ4n) is 2.67. The van der Waals surface area contributed by atoms with Crippen LogP contribution in [0.15, 0.2) is 54.6 Å². The van der Waals surface area contributed by atoms with E-state index in [1.807, 2.05) is 37.3 Å². The molecule has 6 heteroatoms. The van der Waals surface area contributed by atoms with E-state index in [1.54, 1.807) is 38.5 Å². The molecule has 2 aromatic rings. The number of rotatable bonds is 7. The standard InChI is InChI=1S/C20H24N2O4/c1-4-20(26-3,15-8-6-5-7-9-15)14-21-18(23)19(24)22-16-10-12-17(25-2)13-11-16/h5-13H,4,14H2,1-3H3,(H,21,23)(H,22,24). The van der Waals surface area contributed by atoms with Gasteiger partial charge >= 0.3 is 11.8 Å². The Hall–Kier alpha value is -2.86. The van der Waals surface area contributed by atoms with E-state index in [0.29, 0.717) is 17.9 Å². The van der Waals surface area contributed by atoms with Gasteiger partial charge in [0.2, 0.25) is 0 Å². The molecule has 1 atom stereocenters. The molecule has 2 amide bonds. The SMILES string of the molecule is CCC(CNC(=O)C(=O)Nc1ccc(OC)cc1)(OC)c1ccccc1. The van der Waals surface area contributed by atoms with Crippen molar-refractivity contribution in [2.24, 2.45) is 0 Å². The fraction of sp³-hybridized carbons (Fsp3) is 0.300. The van der Waals surface area contributed by atoms with Gasteiger partial charge in [0.15, 0.2) is 0 Å². The molecule has 2 N–H and O–H groups in total. The largest absolute Gasteiger partial charge is 0.497 e. The Morgan fingerprint density at radius 1 is 0.962 bits per heavy atom. The Morgan fingerprint density at radius 2 is 1.62 bits per heavy atom. The zero-order chi connectivity index (χ0) is 19.0. The Morgan fingerprint density at radius 3 is 2.15 bits per heavy atom. The molecule has 0 bridgehead atoms. The van der Waals surface area contributed by atoms with Crippen LogP contribution in [-0.2, 0) is 19.9 Å². The van der Waals surface area contributed by atoms with E-state index in [1.165, 1.54) is 0 Å². The summed E-state index contributed by atoms with van der Waals surface area (Å²) in [6, 6.07) is 16.4. The highest BCUT2D eigenvalue weighted by molar-refractivity contribution is 6.39. The molecule has 0 spiro atoms. The molecule has 0 saturated carbocycles. The average molecular weight is 356 g/mol. The number of nitrogens with one attached hydrogen (secondary N) is 2. The molecule has 0 radical (unpaired) electrons. The Kier molecular flexibility index (Phi) is 6.74. The minimum Gasteiger partial charge on any atom is -0.497 e. The van der Waals surface area contributed by atoms with Crippen molar-refractivity contribution in [3.8, 4) is 5.75 Å². The molecule has 0 heterocycles. The molecule has 6 nitrogen and oxygen atoms in total. The molecule has 0 saturated heterocycles. The van der Waals surface area contributed by atoms with Crippen LogP contribution in [0.4, 0.5) is 5.69 Å². The van der Waals surface area contributed by atoms with Crippen LogP contribution in [-0.4, -0.2) is 32.6 Å². The first-order chi connectivity index (χ1) is 12.5. The van der Waals surface area contributed by atoms with Gasteiger partial charge in [-0.3, -0.25) is 9.59 Å². The van der Waals surface area contributed by atoms with Crippen LogP contribution in [0.3, 0.4) is 0 Å². The number of hydrogen-bond acceptors (Lipinski definition) is 4. The van der Waals surface area contributed by atoms with Crippen LogP contribution in [0.1, 0.15) is 18.9 Å². The second kappa shape index (κ2) is 9.01. The van der Waals surface area contributed by atoms with Crippen molar-refractivity contribution in [2.75, 3.05) is 26.1 Å². The van der Waals surface area contributed by atoms with Crippen LogP contribution in [0, 0.1) is 0 Å². The number of hydrogen-bond donors (Lipinski definition) is 2. The van der Waals surface area contributed by atoms with Gasteiger partial charge in [0.05, 0.1) is 13.7 Å². The average Bonchev–Trinajstić information content (AvgIpc) is 2.70. The zero-order valence-corrected chi connectivity index (χ0v) is 15.2. The lowest BCUT2D eigenvalue weighted by Crippen LogP contribution is -2.45. The summed E-state index contributed by atoms with van der Waals surface area (Å²) in [6.45, 7) is 2.17. The fourth-order valence-corrected chi connectivity index (χ4v) is 2.67. The lowest BCUT2D eigenvalue weighted by Gasteiger charge is -2.32. The highest BCUT2D eigenvalue weighted by atomic mass is 16.5. The monoisotopic (exact) mass is 356 g/mol. The van der Waals surface area contributed by atoms with Gasteiger partial charge in [-0.25, -0.2) is 0 Å². The maximum Gasteiger partial charge on any atom is 0.313 e. The number of methoxy groups -OCH3 is 2. The van der Waals surface area contributed by atoms with Crippen molar-refractivity contribution in [1.82, 2.24) is 5.32 Å². The van der Waals surface area contributed by atoms with Crippen molar-refractivity contribution in [2.45, 2.75) is 18.9 Å². The maximum absolute atomic E-state index is 12.2. The van der Waals surface area contributed by atoms with Crippen molar-refractivity contribution < 1.29 is 19.1 Å². The molecule has 0 aliphatic rings. The highest BCUT2D eigenvalue weighted by Crippen LogP contribution is 2.28. The third-order valence-electron chi connectivity index (χ3n) is 4.35. The molecule has 138 valence electrons. The van der Waals surface area contributed by atoms with Crippen LogP contribution in [0.2, 0.25) is 0 Å². The van der Waals surface area contributed by atoms with Gasteiger partial charge in [-0.2, -0.15) is 0 Å². The van der Waals surface area contributed by atoms with Crippen LogP contribution in [0.25, 0.3) is 0 Å². The third-order valence-corrected chi connectivity index (χ3v) is 4.35. The molecule has 0 aliphatic carbocycles. The summed E-state index contributed by atoms with van der Waals surface area (Å²) in [6.07, 6.45) is 0.647. The van der Waals surface area contributed by atoms with Crippen molar-refractivity contribution in [3.05, 3.63) is 60.2 Å². The van der Waals surface area contributed by atoms with Gasteiger partial charge < -0.3 is 20.1 Å². The minimum absolute atomic E-state index is 0.193. The predicted octanol–water partition coefficient (Wildman–Crippen LogP) is 2.70. The summed E-state index contributed by atoms with van der Waals surface area (Å²) >= 11 is 0. The second-order valence-electron chi connectivity index (χ2n) is 5.78. The summed E-state index contributed by atoms with van der Waals surface area (Å²) in [5, 5.41) is 5.22. The number of anilines is 1. The quantitative estimate of drug-likeness (QED) is 0.748. The highest BCUT2D eigenvalue weighted by Gasteiger charge is 2.31. The van der Waals surface area contributed by atoms with Crippen LogP contribution >= 0.6 is 0 Å². The second-order valence-corrected chi connectivity index (χ2v) is 5.78. The van der Waals surface area contributed by atoms with Gasteiger partial charge in [-0.15, -0.1) is 0 Å². The minimum atomic E-state index is -0.732. The van der Waals surface area contributed by atoms with E-state index in [4.69, 9.17) is 9.47 Å². The molecule has 0 aliphatic heterocycles. The van der Waals surface area contributed by atoms with E-state index in [0.717, 1.165) is 5.56 Å². The molecule has 0 fully saturated rings. The van der Waals surface area contributed by atoms with Crippen molar-refractivity contribution in [3.63, 3.8) is 0 Å². The van der Waals surface area contributed by atoms with Gasteiger partial charge in [-0.05, 0) is 36.2 Å². The Labute approximate surface area is 153 Å². The van der Waals surface area contributed by atoms with Gasteiger partial charge in [0.25, 0.3) is 0 Å². The molecule has 26 heavy (non-hydrogen) atoms. The van der Waals surface area contributed by atoms with Crippen LogP contribution < -0.4 is 15.4 Å². The Bertz CT molecular complexity index is 725. The molecule has 2 aromatic carbocycles. The smallest absolute Gasteiger partial charge is 0.313 e. The zero-order valence-electron chi connectivity index (χ0n) is 15.2. The first kappa shape index (κ1) is 19.5. The molecule has 0 aromatic heterocycles. The number of carbonyl (C=O) groups is 2. The third kappa shape index (κ3) is 4.61. The number of carbonyl (C=O) groups excluding carboxylic acids is 2. The number of ether oxygens (including phenoxy) is 2. The van der Waals surface area contributed by atoms with Crippen molar-refractivity contribution in [1.29, 1.82) is 0 Å². The first-order valence-corrected chi connectivity index (χ1v) is 8.38. The van der Waals surface area contributed by atoms with Gasteiger partial charge in [0.1, 0.15) is 11.4 Å². The first-order valence-electron chi connectivity index (χ1n) is 8.38.